The number of benzene rings is 1. The van der Waals surface area contributed by atoms with E-state index in [1.54, 1.807) is 10.9 Å². The van der Waals surface area contributed by atoms with Crippen LogP contribution in [0.15, 0.2) is 36.7 Å². The first-order chi connectivity index (χ1) is 10.1. The normalized spacial score (nSPS) is 10.3. The number of nitrogens with one attached hydrogen (secondary N) is 1. The van der Waals surface area contributed by atoms with Gasteiger partial charge >= 0.3 is 5.69 Å². The smallest absolute Gasteiger partial charge is 0.304 e. The zero-order valence-electron chi connectivity index (χ0n) is 11.2. The molecule has 8 heteroatoms. The summed E-state index contributed by atoms with van der Waals surface area (Å²) < 4.78 is 1.75. The van der Waals surface area contributed by atoms with E-state index in [1.807, 2.05) is 12.3 Å². The van der Waals surface area contributed by atoms with Gasteiger partial charge in [-0.05, 0) is 24.6 Å². The van der Waals surface area contributed by atoms with Gasteiger partial charge in [0.2, 0.25) is 0 Å². The molecule has 0 radical (unpaired) electrons. The lowest BCUT2D eigenvalue weighted by Crippen LogP contribution is -2.26. The van der Waals surface area contributed by atoms with Crippen LogP contribution in [-0.4, -0.2) is 27.2 Å². The minimum atomic E-state index is -0.645. The van der Waals surface area contributed by atoms with Gasteiger partial charge in [0.1, 0.15) is 11.3 Å². The summed E-state index contributed by atoms with van der Waals surface area (Å²) in [6, 6.07) is 6.11. The standard InChI is InChI=1S/C13H15N5O3/c14-11-5-1-4-10(12(11)18(20)21)13(19)15-6-2-8-17-9-3-7-16-17/h1,3-5,7,9H,2,6,8,14H2,(H,15,19). The molecule has 1 amide bonds. The minimum absolute atomic E-state index is 0.0239. The summed E-state index contributed by atoms with van der Waals surface area (Å²) in [6.07, 6.45) is 4.17. The van der Waals surface area contributed by atoms with E-state index in [1.165, 1.54) is 18.2 Å². The average Bonchev–Trinajstić information content (AvgIpc) is 2.95. The molecule has 0 aliphatic heterocycles. The first-order valence-electron chi connectivity index (χ1n) is 6.38. The van der Waals surface area contributed by atoms with Crippen molar-refractivity contribution < 1.29 is 9.72 Å². The van der Waals surface area contributed by atoms with E-state index in [4.69, 9.17) is 5.73 Å². The number of nitro groups is 1. The van der Waals surface area contributed by atoms with E-state index < -0.39 is 10.8 Å². The zero-order valence-corrected chi connectivity index (χ0v) is 11.2. The van der Waals surface area contributed by atoms with Crippen LogP contribution in [0.3, 0.4) is 0 Å². The van der Waals surface area contributed by atoms with Crippen LogP contribution < -0.4 is 11.1 Å². The summed E-state index contributed by atoms with van der Waals surface area (Å²) in [5.74, 6) is -0.505. The van der Waals surface area contributed by atoms with E-state index >= 15 is 0 Å². The van der Waals surface area contributed by atoms with Gasteiger partial charge in [-0.1, -0.05) is 6.07 Å². The summed E-state index contributed by atoms with van der Waals surface area (Å²) in [4.78, 5) is 22.3. The maximum Gasteiger partial charge on any atom is 0.304 e. The number of hydrogen-bond donors (Lipinski definition) is 2. The van der Waals surface area contributed by atoms with Crippen LogP contribution in [0.25, 0.3) is 0 Å². The summed E-state index contributed by atoms with van der Waals surface area (Å²) in [6.45, 7) is 1.05. The predicted octanol–water partition coefficient (Wildman–Crippen LogP) is 1.19. The Labute approximate surface area is 120 Å². The Morgan fingerprint density at radius 1 is 1.43 bits per heavy atom. The Bertz CT molecular complexity index is 639. The number of anilines is 1. The number of nitro benzene ring substituents is 1. The van der Waals surface area contributed by atoms with Crippen LogP contribution in [0, 0.1) is 10.1 Å². The van der Waals surface area contributed by atoms with Crippen molar-refractivity contribution in [3.63, 3.8) is 0 Å². The molecule has 21 heavy (non-hydrogen) atoms. The molecule has 1 aromatic carbocycles. The van der Waals surface area contributed by atoms with Crippen LogP contribution in [0.1, 0.15) is 16.8 Å². The van der Waals surface area contributed by atoms with Crippen molar-refractivity contribution in [1.29, 1.82) is 0 Å². The first-order valence-corrected chi connectivity index (χ1v) is 6.38. The highest BCUT2D eigenvalue weighted by Crippen LogP contribution is 2.25. The quantitative estimate of drug-likeness (QED) is 0.358. The number of para-hydroxylation sites is 1. The Balaban J connectivity index is 1.94. The van der Waals surface area contributed by atoms with Gasteiger partial charge in [-0.25, -0.2) is 0 Å². The number of nitrogen functional groups attached to an aromatic ring is 1. The summed E-state index contributed by atoms with van der Waals surface area (Å²) in [5, 5.41) is 17.6. The molecule has 0 saturated carbocycles. The van der Waals surface area contributed by atoms with Crippen molar-refractivity contribution in [2.24, 2.45) is 0 Å². The van der Waals surface area contributed by atoms with Crippen molar-refractivity contribution in [1.82, 2.24) is 15.1 Å². The zero-order chi connectivity index (χ0) is 15.2. The molecule has 0 aliphatic carbocycles. The molecule has 0 saturated heterocycles. The Morgan fingerprint density at radius 3 is 2.90 bits per heavy atom. The van der Waals surface area contributed by atoms with Crippen molar-refractivity contribution >= 4 is 17.3 Å². The van der Waals surface area contributed by atoms with Crippen molar-refractivity contribution in [2.75, 3.05) is 12.3 Å². The van der Waals surface area contributed by atoms with Gasteiger partial charge < -0.3 is 11.1 Å². The largest absolute Gasteiger partial charge is 0.393 e. The van der Waals surface area contributed by atoms with Crippen LogP contribution in [0.4, 0.5) is 11.4 Å². The number of aromatic nitrogens is 2. The van der Waals surface area contributed by atoms with Crippen molar-refractivity contribution in [3.05, 3.63) is 52.3 Å². The van der Waals surface area contributed by atoms with Crippen LogP contribution in [0.5, 0.6) is 0 Å². The monoisotopic (exact) mass is 289 g/mol. The third-order valence-electron chi connectivity index (χ3n) is 2.90. The molecule has 110 valence electrons. The Hall–Kier alpha value is -2.90. The number of nitrogens with two attached hydrogens (primary N) is 1. The van der Waals surface area contributed by atoms with Gasteiger partial charge in [-0.2, -0.15) is 5.10 Å². The molecule has 2 rings (SSSR count). The van der Waals surface area contributed by atoms with Crippen LogP contribution in [0.2, 0.25) is 0 Å². The third kappa shape index (κ3) is 3.56. The highest BCUT2D eigenvalue weighted by Gasteiger charge is 2.22. The maximum absolute atomic E-state index is 12.0. The van der Waals surface area contributed by atoms with E-state index in [0.717, 1.165) is 0 Å². The number of carbonyl (C=O) groups excluding carboxylic acids is 1. The number of carbonyl (C=O) groups is 1. The molecule has 2 aromatic rings. The average molecular weight is 289 g/mol. The number of aryl methyl sites for hydroxylation is 1. The fourth-order valence-corrected chi connectivity index (χ4v) is 1.92. The second kappa shape index (κ2) is 6.51. The van der Waals surface area contributed by atoms with Gasteiger partial charge in [-0.3, -0.25) is 19.6 Å². The lowest BCUT2D eigenvalue weighted by Gasteiger charge is -2.07. The second-order valence-electron chi connectivity index (χ2n) is 4.38. The number of hydrogen-bond acceptors (Lipinski definition) is 5. The van der Waals surface area contributed by atoms with Gasteiger partial charge in [0, 0.05) is 25.5 Å². The van der Waals surface area contributed by atoms with Crippen LogP contribution in [-0.2, 0) is 6.54 Å². The van der Waals surface area contributed by atoms with E-state index in [-0.39, 0.29) is 16.9 Å². The maximum atomic E-state index is 12.0. The molecule has 0 bridgehead atoms. The van der Waals surface area contributed by atoms with Crippen molar-refractivity contribution in [2.45, 2.75) is 13.0 Å². The fourth-order valence-electron chi connectivity index (χ4n) is 1.92. The van der Waals surface area contributed by atoms with E-state index in [2.05, 4.69) is 10.4 Å². The van der Waals surface area contributed by atoms with Gasteiger partial charge in [-0.15, -0.1) is 0 Å². The van der Waals surface area contributed by atoms with E-state index in [0.29, 0.717) is 19.5 Å². The third-order valence-corrected chi connectivity index (χ3v) is 2.90. The van der Waals surface area contributed by atoms with Crippen LogP contribution >= 0.6 is 0 Å². The summed E-state index contributed by atoms with van der Waals surface area (Å²) >= 11 is 0. The summed E-state index contributed by atoms with van der Waals surface area (Å²) in [5.41, 5.74) is 5.13. The molecule has 1 aromatic heterocycles. The minimum Gasteiger partial charge on any atom is -0.393 e. The highest BCUT2D eigenvalue weighted by molar-refractivity contribution is 6.00. The number of rotatable bonds is 6. The highest BCUT2D eigenvalue weighted by atomic mass is 16.6. The molecule has 0 atom stereocenters. The number of amides is 1. The molecule has 0 aliphatic rings. The van der Waals surface area contributed by atoms with Gasteiger partial charge in [0.15, 0.2) is 0 Å². The molecule has 8 nitrogen and oxygen atoms in total. The lowest BCUT2D eigenvalue weighted by molar-refractivity contribution is -0.384. The number of nitrogens with zero attached hydrogens (tertiary/aromatic N) is 3. The molecule has 0 spiro atoms. The summed E-state index contributed by atoms with van der Waals surface area (Å²) in [7, 11) is 0. The predicted molar refractivity (Wildman–Crippen MR) is 76.7 cm³/mol. The molecule has 0 fully saturated rings. The molecular weight excluding hydrogens is 274 g/mol. The molecule has 0 unspecified atom stereocenters. The van der Waals surface area contributed by atoms with E-state index in [9.17, 15) is 14.9 Å². The molecular formula is C13H15N5O3. The topological polar surface area (TPSA) is 116 Å². The Morgan fingerprint density at radius 2 is 2.24 bits per heavy atom. The van der Waals surface area contributed by atoms with Crippen molar-refractivity contribution in [3.8, 4) is 0 Å². The van der Waals surface area contributed by atoms with Gasteiger partial charge in [0.05, 0.1) is 4.92 Å². The molecule has 1 heterocycles. The fraction of sp³-hybridized carbons (Fsp3) is 0.231. The molecule has 3 N–H and O–H groups in total. The lowest BCUT2D eigenvalue weighted by atomic mass is 10.1. The SMILES string of the molecule is Nc1cccc(C(=O)NCCCn2cccn2)c1[N+](=O)[O-]. The first kappa shape index (κ1) is 14.5. The Kier molecular flexibility index (Phi) is 4.50. The van der Waals surface area contributed by atoms with Gasteiger partial charge in [0.25, 0.3) is 5.91 Å². The second-order valence-corrected chi connectivity index (χ2v) is 4.38.